The molecule has 26 heavy (non-hydrogen) atoms. The molecule has 1 aromatic carbocycles. The number of piperidine rings is 1. The Bertz CT molecular complexity index is 541. The summed E-state index contributed by atoms with van der Waals surface area (Å²) >= 11 is 0. The molecule has 1 fully saturated rings. The highest BCUT2D eigenvalue weighted by Crippen LogP contribution is 2.22. The molecule has 0 radical (unpaired) electrons. The average molecular weight is 363 g/mol. The van der Waals surface area contributed by atoms with Crippen molar-refractivity contribution in [3.05, 3.63) is 24.3 Å². The zero-order valence-electron chi connectivity index (χ0n) is 16.6. The van der Waals surface area contributed by atoms with Gasteiger partial charge in [0.1, 0.15) is 18.0 Å². The summed E-state index contributed by atoms with van der Waals surface area (Å²) in [5.74, 6) is 0.729. The highest BCUT2D eigenvalue weighted by Gasteiger charge is 2.32. The second-order valence-corrected chi connectivity index (χ2v) is 7.27. The maximum atomic E-state index is 12.5. The van der Waals surface area contributed by atoms with Gasteiger partial charge >= 0.3 is 0 Å². The Morgan fingerprint density at radius 3 is 2.50 bits per heavy atom. The number of hydrogen-bond donors (Lipinski definition) is 1. The van der Waals surface area contributed by atoms with Crippen LogP contribution >= 0.6 is 0 Å². The summed E-state index contributed by atoms with van der Waals surface area (Å²) in [5.41, 5.74) is -0.0299. The maximum absolute atomic E-state index is 12.5. The Kier molecular flexibility index (Phi) is 8.39. The number of unbranched alkanes of at least 4 members (excludes halogenated alkanes) is 1. The van der Waals surface area contributed by atoms with Gasteiger partial charge in [0.25, 0.3) is 5.91 Å². The summed E-state index contributed by atoms with van der Waals surface area (Å²) in [5, 5.41) is 2.95. The van der Waals surface area contributed by atoms with E-state index in [1.807, 2.05) is 31.2 Å². The van der Waals surface area contributed by atoms with Crippen LogP contribution in [0.1, 0.15) is 52.4 Å². The zero-order valence-corrected chi connectivity index (χ0v) is 16.6. The standard InChI is InChI=1S/C21H34N2O3/c1-4-5-13-21(2,25-3)20(24)22-18-9-11-19(12-10-18)26-17-16-23-14-7-6-8-15-23/h9-12H,4-8,13-17H2,1-3H3,(H,22,24)/t21-/m0/s1. The van der Waals surface area contributed by atoms with Gasteiger partial charge in [-0.2, -0.15) is 0 Å². The minimum absolute atomic E-state index is 0.104. The normalized spacial score (nSPS) is 17.5. The van der Waals surface area contributed by atoms with Gasteiger partial charge in [0.05, 0.1) is 0 Å². The number of amides is 1. The number of methoxy groups -OCH3 is 1. The van der Waals surface area contributed by atoms with Crippen molar-refractivity contribution in [2.24, 2.45) is 0 Å². The first kappa shape index (κ1) is 20.7. The number of ether oxygens (including phenoxy) is 2. The molecule has 0 saturated carbocycles. The molecule has 146 valence electrons. The van der Waals surface area contributed by atoms with E-state index in [1.54, 1.807) is 7.11 Å². The van der Waals surface area contributed by atoms with Gasteiger partial charge in [-0.1, -0.05) is 26.2 Å². The molecule has 1 N–H and O–H groups in total. The van der Waals surface area contributed by atoms with Gasteiger partial charge in [-0.3, -0.25) is 9.69 Å². The van der Waals surface area contributed by atoms with Gasteiger partial charge in [-0.05, 0) is 63.5 Å². The van der Waals surface area contributed by atoms with Gasteiger partial charge in [-0.15, -0.1) is 0 Å². The molecule has 1 heterocycles. The van der Waals surface area contributed by atoms with Crippen LogP contribution in [0.15, 0.2) is 24.3 Å². The summed E-state index contributed by atoms with van der Waals surface area (Å²) in [6.45, 7) is 8.00. The van der Waals surface area contributed by atoms with Crippen LogP contribution in [0.5, 0.6) is 5.75 Å². The van der Waals surface area contributed by atoms with Crippen molar-refractivity contribution in [2.45, 2.75) is 58.0 Å². The smallest absolute Gasteiger partial charge is 0.256 e. The van der Waals surface area contributed by atoms with Crippen molar-refractivity contribution in [3.8, 4) is 5.75 Å². The van der Waals surface area contributed by atoms with Crippen LogP contribution in [0.2, 0.25) is 0 Å². The number of carbonyl (C=O) groups excluding carboxylic acids is 1. The largest absolute Gasteiger partial charge is 0.492 e. The van der Waals surface area contributed by atoms with Crippen LogP contribution in [-0.4, -0.2) is 49.8 Å². The molecule has 5 heteroatoms. The van der Waals surface area contributed by atoms with Crippen molar-refractivity contribution in [1.29, 1.82) is 0 Å². The van der Waals surface area contributed by atoms with E-state index in [1.165, 1.54) is 32.4 Å². The minimum atomic E-state index is -0.792. The topological polar surface area (TPSA) is 50.8 Å². The van der Waals surface area contributed by atoms with E-state index in [4.69, 9.17) is 9.47 Å². The maximum Gasteiger partial charge on any atom is 0.256 e. The van der Waals surface area contributed by atoms with E-state index in [2.05, 4.69) is 17.1 Å². The lowest BCUT2D eigenvalue weighted by molar-refractivity contribution is -0.136. The molecular weight excluding hydrogens is 328 g/mol. The van der Waals surface area contributed by atoms with Gasteiger partial charge in [0.2, 0.25) is 0 Å². The van der Waals surface area contributed by atoms with E-state index < -0.39 is 5.60 Å². The summed E-state index contributed by atoms with van der Waals surface area (Å²) in [6, 6.07) is 7.57. The van der Waals surface area contributed by atoms with Crippen LogP contribution in [0, 0.1) is 0 Å². The molecule has 5 nitrogen and oxygen atoms in total. The predicted octanol–water partition coefficient (Wildman–Crippen LogP) is 4.09. The molecule has 1 atom stereocenters. The quantitative estimate of drug-likeness (QED) is 0.681. The van der Waals surface area contributed by atoms with Gasteiger partial charge in [0, 0.05) is 19.3 Å². The number of carbonyl (C=O) groups is 1. The monoisotopic (exact) mass is 362 g/mol. The lowest BCUT2D eigenvalue weighted by Crippen LogP contribution is -2.41. The molecule has 1 saturated heterocycles. The Hall–Kier alpha value is -1.59. The van der Waals surface area contributed by atoms with Crippen molar-refractivity contribution < 1.29 is 14.3 Å². The second kappa shape index (κ2) is 10.5. The Morgan fingerprint density at radius 1 is 1.19 bits per heavy atom. The number of nitrogens with one attached hydrogen (secondary N) is 1. The molecule has 0 bridgehead atoms. The van der Waals surface area contributed by atoms with Crippen molar-refractivity contribution in [3.63, 3.8) is 0 Å². The fourth-order valence-electron chi connectivity index (χ4n) is 3.20. The number of hydrogen-bond acceptors (Lipinski definition) is 4. The van der Waals surface area contributed by atoms with E-state index in [0.717, 1.165) is 30.8 Å². The van der Waals surface area contributed by atoms with Crippen LogP contribution in [0.4, 0.5) is 5.69 Å². The number of nitrogens with zero attached hydrogens (tertiary/aromatic N) is 1. The third kappa shape index (κ3) is 6.29. The molecule has 0 unspecified atom stereocenters. The van der Waals surface area contributed by atoms with Crippen LogP contribution in [0.3, 0.4) is 0 Å². The van der Waals surface area contributed by atoms with Crippen molar-refractivity contribution in [2.75, 3.05) is 38.7 Å². The summed E-state index contributed by atoms with van der Waals surface area (Å²) in [7, 11) is 1.59. The lowest BCUT2D eigenvalue weighted by Gasteiger charge is -2.27. The number of anilines is 1. The molecule has 1 aromatic rings. The minimum Gasteiger partial charge on any atom is -0.492 e. The van der Waals surface area contributed by atoms with Gasteiger partial charge < -0.3 is 14.8 Å². The predicted molar refractivity (Wildman–Crippen MR) is 106 cm³/mol. The summed E-state index contributed by atoms with van der Waals surface area (Å²) < 4.78 is 11.3. The Labute approximate surface area is 158 Å². The van der Waals surface area contributed by atoms with E-state index >= 15 is 0 Å². The number of benzene rings is 1. The fourth-order valence-corrected chi connectivity index (χ4v) is 3.20. The summed E-state index contributed by atoms with van der Waals surface area (Å²) in [6.07, 6.45) is 6.66. The molecule has 1 aliphatic rings. The Balaban J connectivity index is 1.79. The number of rotatable bonds is 10. The van der Waals surface area contributed by atoms with Crippen LogP contribution in [0.25, 0.3) is 0 Å². The van der Waals surface area contributed by atoms with E-state index in [-0.39, 0.29) is 5.91 Å². The lowest BCUT2D eigenvalue weighted by atomic mass is 9.97. The molecule has 1 aliphatic heterocycles. The van der Waals surface area contributed by atoms with Crippen molar-refractivity contribution in [1.82, 2.24) is 4.90 Å². The summed E-state index contributed by atoms with van der Waals surface area (Å²) in [4.78, 5) is 15.0. The van der Waals surface area contributed by atoms with Gasteiger partial charge in [-0.25, -0.2) is 0 Å². The molecule has 1 amide bonds. The van der Waals surface area contributed by atoms with E-state index in [0.29, 0.717) is 13.0 Å². The Morgan fingerprint density at radius 2 is 1.88 bits per heavy atom. The SMILES string of the molecule is CCCC[C@](C)(OC)C(=O)Nc1ccc(OCCN2CCCCC2)cc1. The fraction of sp³-hybridized carbons (Fsp3) is 0.667. The molecular formula is C21H34N2O3. The molecule has 0 aromatic heterocycles. The third-order valence-electron chi connectivity index (χ3n) is 5.18. The molecule has 2 rings (SSSR count). The van der Waals surface area contributed by atoms with Crippen LogP contribution < -0.4 is 10.1 Å². The number of likely N-dealkylation sites (tertiary alicyclic amines) is 1. The molecule has 0 spiro atoms. The first-order chi connectivity index (χ1) is 12.6. The molecule has 0 aliphatic carbocycles. The van der Waals surface area contributed by atoms with E-state index in [9.17, 15) is 4.79 Å². The highest BCUT2D eigenvalue weighted by atomic mass is 16.5. The van der Waals surface area contributed by atoms with Gasteiger partial charge in [0.15, 0.2) is 0 Å². The zero-order chi connectivity index (χ0) is 18.8. The second-order valence-electron chi connectivity index (χ2n) is 7.27. The highest BCUT2D eigenvalue weighted by molar-refractivity contribution is 5.97. The van der Waals surface area contributed by atoms with Crippen molar-refractivity contribution >= 4 is 11.6 Å². The van der Waals surface area contributed by atoms with Crippen LogP contribution in [-0.2, 0) is 9.53 Å². The third-order valence-corrected chi connectivity index (χ3v) is 5.18. The first-order valence-electron chi connectivity index (χ1n) is 9.89. The average Bonchev–Trinajstić information content (AvgIpc) is 2.68. The first-order valence-corrected chi connectivity index (χ1v) is 9.89.